The molecule has 220 valence electrons. The molecule has 0 aliphatic rings. The molecule has 0 bridgehead atoms. The summed E-state index contributed by atoms with van der Waals surface area (Å²) in [6, 6.07) is 3.77. The van der Waals surface area contributed by atoms with Crippen molar-refractivity contribution in [1.29, 1.82) is 0 Å². The van der Waals surface area contributed by atoms with E-state index in [4.69, 9.17) is 11.5 Å². The van der Waals surface area contributed by atoms with Crippen molar-refractivity contribution in [2.24, 2.45) is 17.4 Å². The van der Waals surface area contributed by atoms with E-state index in [-0.39, 0.29) is 18.8 Å². The summed E-state index contributed by atoms with van der Waals surface area (Å²) in [5, 5.41) is 11.1. The Kier molecular flexibility index (Phi) is 10.6. The fourth-order valence-electron chi connectivity index (χ4n) is 4.19. The highest BCUT2D eigenvalue weighted by molar-refractivity contribution is 5.95. The van der Waals surface area contributed by atoms with E-state index >= 15 is 0 Å². The molecule has 1 aromatic carbocycles. The van der Waals surface area contributed by atoms with Crippen molar-refractivity contribution in [3.05, 3.63) is 54.2 Å². The molecule has 4 atom stereocenters. The molecule has 10 N–H and O–H groups in total. The van der Waals surface area contributed by atoms with Crippen LogP contribution in [-0.4, -0.2) is 75.2 Å². The zero-order valence-electron chi connectivity index (χ0n) is 23.2. The molecule has 3 aromatic rings. The van der Waals surface area contributed by atoms with Crippen molar-refractivity contribution in [3.63, 3.8) is 0 Å². The number of aromatic nitrogens is 3. The van der Waals surface area contributed by atoms with Gasteiger partial charge in [-0.15, -0.1) is 0 Å². The van der Waals surface area contributed by atoms with Crippen LogP contribution in [0.3, 0.4) is 0 Å². The number of carbonyl (C=O) groups excluding carboxylic acids is 5. The van der Waals surface area contributed by atoms with E-state index in [0.29, 0.717) is 5.69 Å². The molecular weight excluding hydrogens is 530 g/mol. The number of H-pyrrole nitrogens is 2. The Labute approximate surface area is 236 Å². The second-order valence-electron chi connectivity index (χ2n) is 10.2. The van der Waals surface area contributed by atoms with E-state index < -0.39 is 60.2 Å². The van der Waals surface area contributed by atoms with Crippen LogP contribution < -0.4 is 32.7 Å². The van der Waals surface area contributed by atoms with Crippen molar-refractivity contribution < 1.29 is 24.0 Å². The number of hydrogen-bond donors (Lipinski definition) is 8. The first kappa shape index (κ1) is 30.8. The highest BCUT2D eigenvalue weighted by Crippen LogP contribution is 2.18. The lowest BCUT2D eigenvalue weighted by Crippen LogP contribution is -2.57. The molecule has 14 heteroatoms. The van der Waals surface area contributed by atoms with E-state index in [1.54, 1.807) is 20.0 Å². The van der Waals surface area contributed by atoms with Crippen LogP contribution in [-0.2, 0) is 36.8 Å². The van der Waals surface area contributed by atoms with Gasteiger partial charge in [-0.1, -0.05) is 32.0 Å². The second-order valence-corrected chi connectivity index (χ2v) is 10.2. The van der Waals surface area contributed by atoms with Gasteiger partial charge in [0.2, 0.25) is 29.5 Å². The molecular formula is C27H37N9O5. The van der Waals surface area contributed by atoms with Crippen LogP contribution in [0.4, 0.5) is 0 Å². The molecule has 0 aliphatic carbocycles. The number of primary amides is 1. The van der Waals surface area contributed by atoms with Gasteiger partial charge in [0.15, 0.2) is 0 Å². The predicted molar refractivity (Wildman–Crippen MR) is 151 cm³/mol. The van der Waals surface area contributed by atoms with Crippen LogP contribution in [0.25, 0.3) is 10.9 Å². The van der Waals surface area contributed by atoms with Gasteiger partial charge >= 0.3 is 0 Å². The molecule has 3 rings (SSSR count). The number of imidazole rings is 1. The van der Waals surface area contributed by atoms with Gasteiger partial charge in [-0.2, -0.15) is 0 Å². The maximum absolute atomic E-state index is 12.8. The molecule has 2 aromatic heterocycles. The number of nitrogens with one attached hydrogen (secondary N) is 6. The zero-order valence-corrected chi connectivity index (χ0v) is 23.2. The molecule has 41 heavy (non-hydrogen) atoms. The maximum atomic E-state index is 12.8. The Bertz CT molecular complexity index is 1370. The number of hydrogen-bond acceptors (Lipinski definition) is 7. The van der Waals surface area contributed by atoms with Crippen molar-refractivity contribution in [1.82, 2.24) is 36.2 Å². The molecule has 0 aliphatic heterocycles. The Hall–Kier alpha value is -4.72. The minimum atomic E-state index is -1.01. The third-order valence-electron chi connectivity index (χ3n) is 6.53. The number of para-hydroxylation sites is 1. The normalized spacial score (nSPS) is 14.1. The molecule has 14 nitrogen and oxygen atoms in total. The van der Waals surface area contributed by atoms with Crippen molar-refractivity contribution in [2.75, 3.05) is 6.54 Å². The van der Waals surface area contributed by atoms with Crippen LogP contribution in [0.15, 0.2) is 43.0 Å². The minimum absolute atomic E-state index is 0.106. The number of benzene rings is 1. The quantitative estimate of drug-likeness (QED) is 0.118. The van der Waals surface area contributed by atoms with Gasteiger partial charge < -0.3 is 42.7 Å². The van der Waals surface area contributed by atoms with Crippen molar-refractivity contribution in [3.8, 4) is 0 Å². The fraction of sp³-hybridized carbons (Fsp3) is 0.407. The highest BCUT2D eigenvalue weighted by atomic mass is 16.2. The van der Waals surface area contributed by atoms with Gasteiger partial charge in [-0.3, -0.25) is 24.0 Å². The number of nitrogens with two attached hydrogens (primary N) is 2. The molecule has 5 amide bonds. The number of aromatic amines is 2. The number of amides is 5. The van der Waals surface area contributed by atoms with Crippen LogP contribution in [0.2, 0.25) is 0 Å². The zero-order chi connectivity index (χ0) is 30.1. The second kappa shape index (κ2) is 14.1. The molecule has 2 heterocycles. The monoisotopic (exact) mass is 567 g/mol. The summed E-state index contributed by atoms with van der Waals surface area (Å²) < 4.78 is 0. The van der Waals surface area contributed by atoms with Gasteiger partial charge in [-0.25, -0.2) is 4.98 Å². The fourth-order valence-corrected chi connectivity index (χ4v) is 4.19. The summed E-state index contributed by atoms with van der Waals surface area (Å²) >= 11 is 0. The number of carbonyl (C=O) groups is 5. The Morgan fingerprint density at radius 3 is 2.32 bits per heavy atom. The van der Waals surface area contributed by atoms with Crippen LogP contribution in [0.5, 0.6) is 0 Å². The Morgan fingerprint density at radius 2 is 1.66 bits per heavy atom. The summed E-state index contributed by atoms with van der Waals surface area (Å²) in [6.45, 7) is 4.48. The number of nitrogens with zero attached hydrogens (tertiary/aromatic N) is 1. The lowest BCUT2D eigenvalue weighted by atomic mass is 10.0. The number of fused-ring (bicyclic) bond motifs is 1. The topological polar surface area (TPSA) is 230 Å². The van der Waals surface area contributed by atoms with Gasteiger partial charge in [0.25, 0.3) is 0 Å². The first-order chi connectivity index (χ1) is 19.5. The molecule has 0 radical (unpaired) electrons. The molecule has 0 fully saturated rings. The van der Waals surface area contributed by atoms with E-state index in [2.05, 4.69) is 36.2 Å². The Morgan fingerprint density at radius 1 is 0.927 bits per heavy atom. The average molecular weight is 568 g/mol. The third kappa shape index (κ3) is 8.63. The standard InChI is InChI=1S/C27H37N9O5/c1-14(2)23(27(41)32-12-22(37)35-21(24(29)38)9-17-11-30-13-33-17)36-25(39)15(3)34-26(40)19(28)8-16-10-31-20-7-5-4-6-18(16)20/h4-7,10-11,13-15,19,21,23,31H,8-9,12,28H2,1-3H3,(H2,29,38)(H,30,33)(H,32,41)(H,34,40)(H,35,37)(H,36,39)/t15-,19-,21-,23-/m0/s1. The maximum Gasteiger partial charge on any atom is 0.243 e. The predicted octanol–water partition coefficient (Wildman–Crippen LogP) is -1.26. The largest absolute Gasteiger partial charge is 0.368 e. The van der Waals surface area contributed by atoms with Gasteiger partial charge in [0.05, 0.1) is 18.9 Å². The summed E-state index contributed by atoms with van der Waals surface area (Å²) in [5.41, 5.74) is 13.9. The van der Waals surface area contributed by atoms with Crippen LogP contribution >= 0.6 is 0 Å². The molecule has 0 spiro atoms. The summed E-state index contributed by atoms with van der Waals surface area (Å²) in [5.74, 6) is -3.44. The lowest BCUT2D eigenvalue weighted by molar-refractivity contribution is -0.133. The Balaban J connectivity index is 1.49. The number of rotatable bonds is 14. The van der Waals surface area contributed by atoms with Crippen molar-refractivity contribution >= 4 is 40.4 Å². The van der Waals surface area contributed by atoms with Gasteiger partial charge in [0, 0.05) is 35.4 Å². The molecule has 0 saturated heterocycles. The van der Waals surface area contributed by atoms with Crippen molar-refractivity contribution in [2.45, 2.75) is 57.8 Å². The van der Waals surface area contributed by atoms with Crippen LogP contribution in [0.1, 0.15) is 32.0 Å². The van der Waals surface area contributed by atoms with E-state index in [1.807, 2.05) is 24.3 Å². The molecule has 0 unspecified atom stereocenters. The molecule has 0 saturated carbocycles. The van der Waals surface area contributed by atoms with Gasteiger partial charge in [-0.05, 0) is 30.9 Å². The van der Waals surface area contributed by atoms with E-state index in [0.717, 1.165) is 16.5 Å². The lowest BCUT2D eigenvalue weighted by Gasteiger charge is -2.24. The smallest absolute Gasteiger partial charge is 0.243 e. The first-order valence-electron chi connectivity index (χ1n) is 13.2. The third-order valence-corrected chi connectivity index (χ3v) is 6.53. The van der Waals surface area contributed by atoms with Crippen LogP contribution in [0, 0.1) is 5.92 Å². The van der Waals surface area contributed by atoms with E-state index in [1.165, 1.54) is 19.4 Å². The minimum Gasteiger partial charge on any atom is -0.368 e. The van der Waals surface area contributed by atoms with Gasteiger partial charge in [0.1, 0.15) is 18.1 Å². The first-order valence-corrected chi connectivity index (χ1v) is 13.2. The average Bonchev–Trinajstić information content (AvgIpc) is 3.59. The highest BCUT2D eigenvalue weighted by Gasteiger charge is 2.28. The summed E-state index contributed by atoms with van der Waals surface area (Å²) in [4.78, 5) is 72.3. The summed E-state index contributed by atoms with van der Waals surface area (Å²) in [6.07, 6.45) is 5.10. The summed E-state index contributed by atoms with van der Waals surface area (Å²) in [7, 11) is 0. The SMILES string of the molecule is CC(C)[C@H](NC(=O)[C@H](C)NC(=O)[C@@H](N)Cc1c[nH]c2ccccc12)C(=O)NCC(=O)N[C@@H](Cc1cnc[nH]1)C(N)=O. The van der Waals surface area contributed by atoms with E-state index in [9.17, 15) is 24.0 Å².